The molecule has 2 unspecified atom stereocenters. The van der Waals surface area contributed by atoms with Crippen molar-refractivity contribution >= 4 is 0 Å². The Hall–Kier alpha value is -0.860. The van der Waals surface area contributed by atoms with Crippen LogP contribution in [0.25, 0.3) is 0 Å². The highest BCUT2D eigenvalue weighted by molar-refractivity contribution is 5.28. The molecule has 0 aliphatic carbocycles. The first-order chi connectivity index (χ1) is 9.75. The molecule has 0 saturated carbocycles. The van der Waals surface area contributed by atoms with Crippen molar-refractivity contribution in [1.29, 1.82) is 0 Å². The summed E-state index contributed by atoms with van der Waals surface area (Å²) in [4.78, 5) is 2.66. The molecule has 2 atom stereocenters. The summed E-state index contributed by atoms with van der Waals surface area (Å²) in [5, 5.41) is 3.75. The van der Waals surface area contributed by atoms with Gasteiger partial charge in [0.25, 0.3) is 0 Å². The zero-order valence-electron chi connectivity index (χ0n) is 14.7. The maximum absolute atomic E-state index is 3.75. The van der Waals surface area contributed by atoms with E-state index in [1.807, 2.05) is 0 Å². The fraction of sp³-hybridized carbons (Fsp3) is 0.684. The van der Waals surface area contributed by atoms with Gasteiger partial charge in [0.15, 0.2) is 0 Å². The third-order valence-corrected chi connectivity index (χ3v) is 4.71. The van der Waals surface area contributed by atoms with Gasteiger partial charge in [0.1, 0.15) is 0 Å². The van der Waals surface area contributed by atoms with Crippen molar-refractivity contribution in [2.24, 2.45) is 5.41 Å². The van der Waals surface area contributed by atoms with Gasteiger partial charge in [0.05, 0.1) is 0 Å². The van der Waals surface area contributed by atoms with E-state index in [0.717, 1.165) is 19.6 Å². The Kier molecular flexibility index (Phi) is 5.11. The predicted molar refractivity (Wildman–Crippen MR) is 91.7 cm³/mol. The van der Waals surface area contributed by atoms with Gasteiger partial charge in [0.2, 0.25) is 0 Å². The summed E-state index contributed by atoms with van der Waals surface area (Å²) in [6.45, 7) is 17.1. The van der Waals surface area contributed by atoms with E-state index in [1.54, 1.807) is 0 Å². The monoisotopic (exact) mass is 288 g/mol. The van der Waals surface area contributed by atoms with E-state index in [0.29, 0.717) is 17.5 Å². The largest absolute Gasteiger partial charge is 0.312 e. The minimum atomic E-state index is 0.310. The molecule has 1 aliphatic heterocycles. The lowest BCUT2D eigenvalue weighted by Crippen LogP contribution is -2.47. The molecule has 0 radical (unpaired) electrons. The SMILES string of the molecule is Cc1cc(C)cc(CN2CC(C(C)(C)C)NCCC2C)c1. The lowest BCUT2D eigenvalue weighted by atomic mass is 9.86. The van der Waals surface area contributed by atoms with E-state index >= 15 is 0 Å². The molecular weight excluding hydrogens is 256 g/mol. The Morgan fingerprint density at radius 3 is 2.33 bits per heavy atom. The summed E-state index contributed by atoms with van der Waals surface area (Å²) in [7, 11) is 0. The molecule has 1 heterocycles. The van der Waals surface area contributed by atoms with Gasteiger partial charge in [-0.3, -0.25) is 4.90 Å². The normalized spacial score (nSPS) is 24.9. The second kappa shape index (κ2) is 6.50. The standard InChI is InChI=1S/C19H32N2/c1-14-9-15(2)11-17(10-14)12-21-13-18(19(4,5)6)20-8-7-16(21)3/h9-11,16,18,20H,7-8,12-13H2,1-6H3. The van der Waals surface area contributed by atoms with Gasteiger partial charge in [-0.1, -0.05) is 50.1 Å². The Bertz CT molecular complexity index is 453. The maximum atomic E-state index is 3.75. The van der Waals surface area contributed by atoms with Crippen LogP contribution in [0.15, 0.2) is 18.2 Å². The summed E-state index contributed by atoms with van der Waals surface area (Å²) in [6.07, 6.45) is 1.23. The number of aryl methyl sites for hydroxylation is 2. The highest BCUT2D eigenvalue weighted by atomic mass is 15.2. The third-order valence-electron chi connectivity index (χ3n) is 4.71. The summed E-state index contributed by atoms with van der Waals surface area (Å²) < 4.78 is 0. The number of benzene rings is 1. The number of hydrogen-bond donors (Lipinski definition) is 1. The van der Waals surface area contributed by atoms with E-state index < -0.39 is 0 Å². The van der Waals surface area contributed by atoms with Gasteiger partial charge in [-0.05, 0) is 44.7 Å². The molecule has 1 aromatic rings. The first-order valence-electron chi connectivity index (χ1n) is 8.30. The quantitative estimate of drug-likeness (QED) is 0.888. The average Bonchev–Trinajstić information content (AvgIpc) is 2.50. The van der Waals surface area contributed by atoms with Gasteiger partial charge >= 0.3 is 0 Å². The second-order valence-electron chi connectivity index (χ2n) is 7.94. The van der Waals surface area contributed by atoms with Crippen LogP contribution in [0.5, 0.6) is 0 Å². The van der Waals surface area contributed by atoms with Crippen LogP contribution >= 0.6 is 0 Å². The minimum absolute atomic E-state index is 0.310. The van der Waals surface area contributed by atoms with Crippen LogP contribution in [0, 0.1) is 19.3 Å². The average molecular weight is 288 g/mol. The molecule has 0 aromatic heterocycles. The predicted octanol–water partition coefficient (Wildman–Crippen LogP) is 3.90. The molecule has 1 fully saturated rings. The Morgan fingerprint density at radius 2 is 1.76 bits per heavy atom. The van der Waals surface area contributed by atoms with Crippen molar-refractivity contribution in [2.45, 2.75) is 66.6 Å². The smallest absolute Gasteiger partial charge is 0.0243 e. The molecule has 1 aromatic carbocycles. The van der Waals surface area contributed by atoms with E-state index in [2.05, 4.69) is 70.0 Å². The molecule has 21 heavy (non-hydrogen) atoms. The topological polar surface area (TPSA) is 15.3 Å². The van der Waals surface area contributed by atoms with Crippen LogP contribution in [0.1, 0.15) is 50.8 Å². The Morgan fingerprint density at radius 1 is 1.14 bits per heavy atom. The number of nitrogens with one attached hydrogen (secondary N) is 1. The van der Waals surface area contributed by atoms with E-state index in [1.165, 1.54) is 23.1 Å². The number of nitrogens with zero attached hydrogens (tertiary/aromatic N) is 1. The van der Waals surface area contributed by atoms with Gasteiger partial charge in [-0.25, -0.2) is 0 Å². The van der Waals surface area contributed by atoms with E-state index in [-0.39, 0.29) is 0 Å². The van der Waals surface area contributed by atoms with Crippen molar-refractivity contribution in [2.75, 3.05) is 13.1 Å². The third kappa shape index (κ3) is 4.55. The van der Waals surface area contributed by atoms with Crippen LogP contribution < -0.4 is 5.32 Å². The number of rotatable bonds is 2. The van der Waals surface area contributed by atoms with E-state index in [9.17, 15) is 0 Å². The molecule has 1 saturated heterocycles. The zero-order chi connectivity index (χ0) is 15.6. The van der Waals surface area contributed by atoms with Gasteiger partial charge in [-0.2, -0.15) is 0 Å². The second-order valence-corrected chi connectivity index (χ2v) is 7.94. The van der Waals surface area contributed by atoms with E-state index in [4.69, 9.17) is 0 Å². The molecule has 2 rings (SSSR count). The molecule has 2 nitrogen and oxygen atoms in total. The molecule has 0 amide bonds. The molecule has 1 aliphatic rings. The highest BCUT2D eigenvalue weighted by Crippen LogP contribution is 2.24. The zero-order valence-corrected chi connectivity index (χ0v) is 14.7. The van der Waals surface area contributed by atoms with Crippen molar-refractivity contribution < 1.29 is 0 Å². The molecular formula is C19H32N2. The molecule has 1 N–H and O–H groups in total. The first-order valence-corrected chi connectivity index (χ1v) is 8.30. The van der Waals surface area contributed by atoms with Crippen LogP contribution in [-0.4, -0.2) is 30.1 Å². The minimum Gasteiger partial charge on any atom is -0.312 e. The van der Waals surface area contributed by atoms with Gasteiger partial charge in [-0.15, -0.1) is 0 Å². The lowest BCUT2D eigenvalue weighted by molar-refractivity contribution is 0.157. The summed E-state index contributed by atoms with van der Waals surface area (Å²) in [6, 6.07) is 8.14. The fourth-order valence-corrected chi connectivity index (χ4v) is 3.32. The van der Waals surface area contributed by atoms with Crippen LogP contribution in [-0.2, 0) is 6.54 Å². The Balaban J connectivity index is 2.15. The Labute approximate surface area is 130 Å². The number of hydrogen-bond acceptors (Lipinski definition) is 2. The van der Waals surface area contributed by atoms with Crippen molar-refractivity contribution in [1.82, 2.24) is 10.2 Å². The van der Waals surface area contributed by atoms with Crippen molar-refractivity contribution in [3.63, 3.8) is 0 Å². The van der Waals surface area contributed by atoms with Crippen molar-refractivity contribution in [3.8, 4) is 0 Å². The van der Waals surface area contributed by atoms with Gasteiger partial charge < -0.3 is 5.32 Å². The molecule has 118 valence electrons. The first kappa shape index (κ1) is 16.5. The summed E-state index contributed by atoms with van der Waals surface area (Å²) >= 11 is 0. The van der Waals surface area contributed by atoms with Gasteiger partial charge in [0, 0.05) is 25.2 Å². The molecule has 0 bridgehead atoms. The molecule has 2 heteroatoms. The molecule has 0 spiro atoms. The van der Waals surface area contributed by atoms with Crippen LogP contribution in [0.2, 0.25) is 0 Å². The van der Waals surface area contributed by atoms with Crippen LogP contribution in [0.4, 0.5) is 0 Å². The maximum Gasteiger partial charge on any atom is 0.0243 e. The summed E-state index contributed by atoms with van der Waals surface area (Å²) in [5.41, 5.74) is 4.51. The van der Waals surface area contributed by atoms with Crippen molar-refractivity contribution in [3.05, 3.63) is 34.9 Å². The summed E-state index contributed by atoms with van der Waals surface area (Å²) in [5.74, 6) is 0. The lowest BCUT2D eigenvalue weighted by Gasteiger charge is -2.35. The van der Waals surface area contributed by atoms with Crippen LogP contribution in [0.3, 0.4) is 0 Å². The fourth-order valence-electron chi connectivity index (χ4n) is 3.32. The highest BCUT2D eigenvalue weighted by Gasteiger charge is 2.30.